The van der Waals surface area contributed by atoms with E-state index in [1.54, 1.807) is 0 Å². The van der Waals surface area contributed by atoms with Crippen LogP contribution in [0.15, 0.2) is 10.7 Å². The average molecular weight is 302 g/mol. The van der Waals surface area contributed by atoms with Gasteiger partial charge in [-0.25, -0.2) is 9.97 Å². The number of hydrogen-bond acceptors (Lipinski definition) is 4. The zero-order valence-electron chi connectivity index (χ0n) is 10.6. The molecule has 0 amide bonds. The normalized spacial score (nSPS) is 12.8. The van der Waals surface area contributed by atoms with E-state index < -0.39 is 0 Å². The largest absolute Gasteiger partial charge is 0.396 e. The van der Waals surface area contributed by atoms with Crippen LogP contribution in [0, 0.1) is 5.92 Å². The molecule has 1 heterocycles. The Hall–Kier alpha value is -0.680. The summed E-state index contributed by atoms with van der Waals surface area (Å²) in [7, 11) is 0. The minimum atomic E-state index is 0.230. The van der Waals surface area contributed by atoms with E-state index in [1.807, 2.05) is 6.07 Å². The average Bonchev–Trinajstić information content (AvgIpc) is 2.26. The Morgan fingerprint density at radius 2 is 2.06 bits per heavy atom. The van der Waals surface area contributed by atoms with Gasteiger partial charge in [0.15, 0.2) is 0 Å². The molecule has 5 heteroatoms. The highest BCUT2D eigenvalue weighted by molar-refractivity contribution is 9.10. The lowest BCUT2D eigenvalue weighted by Gasteiger charge is -2.13. The Balaban J connectivity index is 2.64. The van der Waals surface area contributed by atoms with E-state index in [4.69, 9.17) is 5.11 Å². The molecular weight excluding hydrogens is 282 g/mol. The second kappa shape index (κ2) is 6.91. The van der Waals surface area contributed by atoms with Gasteiger partial charge in [-0.1, -0.05) is 20.8 Å². The van der Waals surface area contributed by atoms with Crippen molar-refractivity contribution in [2.45, 2.75) is 33.1 Å². The van der Waals surface area contributed by atoms with Gasteiger partial charge in [-0.2, -0.15) is 0 Å². The molecule has 0 radical (unpaired) electrons. The Morgan fingerprint density at radius 1 is 1.35 bits per heavy atom. The summed E-state index contributed by atoms with van der Waals surface area (Å²) in [6, 6.07) is 1.87. The van der Waals surface area contributed by atoms with Gasteiger partial charge in [0.05, 0.1) is 0 Å². The molecule has 1 rings (SSSR count). The number of halogens is 1. The van der Waals surface area contributed by atoms with Gasteiger partial charge in [-0.15, -0.1) is 0 Å². The van der Waals surface area contributed by atoms with Crippen molar-refractivity contribution in [2.75, 3.05) is 18.5 Å². The van der Waals surface area contributed by atoms with Gasteiger partial charge in [-0.3, -0.25) is 0 Å². The van der Waals surface area contributed by atoms with Crippen LogP contribution in [0.1, 0.15) is 38.9 Å². The first-order valence-electron chi connectivity index (χ1n) is 5.92. The minimum absolute atomic E-state index is 0.230. The number of anilines is 1. The van der Waals surface area contributed by atoms with Crippen molar-refractivity contribution >= 4 is 21.7 Å². The summed E-state index contributed by atoms with van der Waals surface area (Å²) >= 11 is 3.39. The molecule has 1 atom stereocenters. The molecule has 0 aliphatic heterocycles. The summed E-state index contributed by atoms with van der Waals surface area (Å²) in [5.41, 5.74) is 0. The zero-order chi connectivity index (χ0) is 12.8. The third-order valence-electron chi connectivity index (χ3n) is 2.48. The molecule has 4 nitrogen and oxygen atoms in total. The van der Waals surface area contributed by atoms with Crippen molar-refractivity contribution in [3.63, 3.8) is 0 Å². The fourth-order valence-electron chi connectivity index (χ4n) is 1.39. The highest BCUT2D eigenvalue weighted by atomic mass is 79.9. The van der Waals surface area contributed by atoms with Gasteiger partial charge in [0.1, 0.15) is 16.2 Å². The van der Waals surface area contributed by atoms with E-state index >= 15 is 0 Å². The van der Waals surface area contributed by atoms with Crippen molar-refractivity contribution in [2.24, 2.45) is 5.92 Å². The molecule has 0 spiro atoms. The first kappa shape index (κ1) is 14.4. The van der Waals surface area contributed by atoms with Gasteiger partial charge in [-0.05, 0) is 28.3 Å². The van der Waals surface area contributed by atoms with Gasteiger partial charge in [0, 0.05) is 25.1 Å². The van der Waals surface area contributed by atoms with Gasteiger partial charge in [0.25, 0.3) is 0 Å². The van der Waals surface area contributed by atoms with Crippen LogP contribution in [0.3, 0.4) is 0 Å². The Kier molecular flexibility index (Phi) is 5.85. The molecule has 1 aromatic heterocycles. The summed E-state index contributed by atoms with van der Waals surface area (Å²) < 4.78 is 0.800. The predicted molar refractivity (Wildman–Crippen MR) is 73.2 cm³/mol. The SMILES string of the molecule is CC(CCO)CNc1cc(Br)nc(C(C)C)n1. The van der Waals surface area contributed by atoms with Crippen molar-refractivity contribution in [1.29, 1.82) is 0 Å². The van der Waals surface area contributed by atoms with E-state index in [2.05, 4.69) is 52.0 Å². The molecular formula is C12H20BrN3O. The summed E-state index contributed by atoms with van der Waals surface area (Å²) in [6.07, 6.45) is 0.802. The Morgan fingerprint density at radius 3 is 2.65 bits per heavy atom. The van der Waals surface area contributed by atoms with Gasteiger partial charge in [0.2, 0.25) is 0 Å². The standard InChI is InChI=1S/C12H20BrN3O/c1-8(2)12-15-10(13)6-11(16-12)14-7-9(3)4-5-17/h6,8-9,17H,4-5,7H2,1-3H3,(H,14,15,16). The van der Waals surface area contributed by atoms with Crippen LogP contribution < -0.4 is 5.32 Å². The van der Waals surface area contributed by atoms with E-state index in [0.717, 1.165) is 29.2 Å². The summed E-state index contributed by atoms with van der Waals surface area (Å²) in [4.78, 5) is 8.77. The molecule has 1 aromatic rings. The molecule has 0 saturated carbocycles. The number of aliphatic hydroxyl groups excluding tert-OH is 1. The molecule has 2 N–H and O–H groups in total. The maximum absolute atomic E-state index is 8.83. The summed E-state index contributed by atoms with van der Waals surface area (Å²) in [6.45, 7) is 7.28. The number of hydrogen-bond donors (Lipinski definition) is 2. The molecule has 1 unspecified atom stereocenters. The van der Waals surface area contributed by atoms with E-state index in [1.165, 1.54) is 0 Å². The van der Waals surface area contributed by atoms with Crippen molar-refractivity contribution in [3.05, 3.63) is 16.5 Å². The molecule has 0 saturated heterocycles. The fraction of sp³-hybridized carbons (Fsp3) is 0.667. The van der Waals surface area contributed by atoms with Crippen LogP contribution >= 0.6 is 15.9 Å². The number of rotatable bonds is 6. The number of aromatic nitrogens is 2. The zero-order valence-corrected chi connectivity index (χ0v) is 12.2. The van der Waals surface area contributed by atoms with E-state index in [9.17, 15) is 0 Å². The van der Waals surface area contributed by atoms with Crippen LogP contribution in [0.2, 0.25) is 0 Å². The number of aliphatic hydroxyl groups is 1. The molecule has 0 fully saturated rings. The first-order chi connectivity index (χ1) is 8.02. The summed E-state index contributed by atoms with van der Waals surface area (Å²) in [5, 5.41) is 12.1. The van der Waals surface area contributed by atoms with Crippen LogP contribution in [0.5, 0.6) is 0 Å². The maximum Gasteiger partial charge on any atom is 0.134 e. The number of nitrogens with zero attached hydrogens (tertiary/aromatic N) is 2. The molecule has 17 heavy (non-hydrogen) atoms. The predicted octanol–water partition coefficient (Wildman–Crippen LogP) is 2.79. The molecule has 0 aliphatic carbocycles. The van der Waals surface area contributed by atoms with Crippen molar-refractivity contribution in [1.82, 2.24) is 9.97 Å². The maximum atomic E-state index is 8.83. The second-order valence-electron chi connectivity index (χ2n) is 4.59. The summed E-state index contributed by atoms with van der Waals surface area (Å²) in [5.74, 6) is 2.40. The van der Waals surface area contributed by atoms with Gasteiger partial charge < -0.3 is 10.4 Å². The van der Waals surface area contributed by atoms with E-state index in [0.29, 0.717) is 11.8 Å². The minimum Gasteiger partial charge on any atom is -0.396 e. The Labute approximate surface area is 111 Å². The smallest absolute Gasteiger partial charge is 0.134 e. The second-order valence-corrected chi connectivity index (χ2v) is 5.40. The lowest BCUT2D eigenvalue weighted by atomic mass is 10.1. The quantitative estimate of drug-likeness (QED) is 0.793. The topological polar surface area (TPSA) is 58.0 Å². The monoisotopic (exact) mass is 301 g/mol. The molecule has 0 aromatic carbocycles. The van der Waals surface area contributed by atoms with Crippen LogP contribution in [-0.4, -0.2) is 28.2 Å². The third kappa shape index (κ3) is 5.00. The molecule has 0 aliphatic rings. The highest BCUT2D eigenvalue weighted by Gasteiger charge is 2.07. The van der Waals surface area contributed by atoms with E-state index in [-0.39, 0.29) is 6.61 Å². The van der Waals surface area contributed by atoms with Crippen LogP contribution in [0.25, 0.3) is 0 Å². The molecule has 96 valence electrons. The lowest BCUT2D eigenvalue weighted by Crippen LogP contribution is -2.14. The van der Waals surface area contributed by atoms with Crippen molar-refractivity contribution < 1.29 is 5.11 Å². The number of nitrogens with one attached hydrogen (secondary N) is 1. The first-order valence-corrected chi connectivity index (χ1v) is 6.71. The fourth-order valence-corrected chi connectivity index (χ4v) is 1.78. The third-order valence-corrected chi connectivity index (χ3v) is 2.89. The van der Waals surface area contributed by atoms with Gasteiger partial charge >= 0.3 is 0 Å². The lowest BCUT2D eigenvalue weighted by molar-refractivity contribution is 0.266. The Bertz CT molecular complexity index is 358. The van der Waals surface area contributed by atoms with Crippen LogP contribution in [0.4, 0.5) is 5.82 Å². The van der Waals surface area contributed by atoms with Crippen molar-refractivity contribution in [3.8, 4) is 0 Å². The highest BCUT2D eigenvalue weighted by Crippen LogP contribution is 2.17. The molecule has 0 bridgehead atoms. The van der Waals surface area contributed by atoms with Crippen LogP contribution in [-0.2, 0) is 0 Å².